The molecule has 0 unspecified atom stereocenters. The summed E-state index contributed by atoms with van der Waals surface area (Å²) >= 11 is 1.73. The number of methoxy groups -OCH3 is 1. The van der Waals surface area contributed by atoms with Crippen LogP contribution in [0.25, 0.3) is 0 Å². The predicted molar refractivity (Wildman–Crippen MR) is 71.8 cm³/mol. The van der Waals surface area contributed by atoms with Crippen LogP contribution >= 0.6 is 11.8 Å². The Kier molecular flexibility index (Phi) is 4.35. The van der Waals surface area contributed by atoms with Crippen molar-refractivity contribution in [2.45, 2.75) is 42.6 Å². The summed E-state index contributed by atoms with van der Waals surface area (Å²) in [5.74, 6) is 1.67. The van der Waals surface area contributed by atoms with E-state index >= 15 is 0 Å². The van der Waals surface area contributed by atoms with E-state index in [1.807, 2.05) is 18.2 Å². The Hall–Kier alpha value is -0.670. The first-order valence-electron chi connectivity index (χ1n) is 6.21. The van der Waals surface area contributed by atoms with Crippen molar-refractivity contribution in [3.05, 3.63) is 24.3 Å². The molecule has 2 rings (SSSR count). The summed E-state index contributed by atoms with van der Waals surface area (Å²) < 4.78 is 5.20. The summed E-state index contributed by atoms with van der Waals surface area (Å²) in [4.78, 5) is 1.17. The Labute approximate surface area is 107 Å². The van der Waals surface area contributed by atoms with Crippen LogP contribution in [0.4, 0.5) is 0 Å². The minimum Gasteiger partial charge on any atom is -0.497 e. The van der Waals surface area contributed by atoms with E-state index in [4.69, 9.17) is 4.74 Å². The number of rotatable bonds is 4. The third-order valence-electron chi connectivity index (χ3n) is 3.33. The van der Waals surface area contributed by atoms with Crippen LogP contribution in [0.2, 0.25) is 0 Å². The fourth-order valence-electron chi connectivity index (χ4n) is 2.26. The van der Waals surface area contributed by atoms with Gasteiger partial charge in [0.2, 0.25) is 0 Å². The molecule has 0 aromatic heterocycles. The van der Waals surface area contributed by atoms with Crippen molar-refractivity contribution in [3.8, 4) is 5.75 Å². The summed E-state index contributed by atoms with van der Waals surface area (Å²) in [6.07, 6.45) is 5.49. The smallest absolute Gasteiger partial charge is 0.119 e. The van der Waals surface area contributed by atoms with Gasteiger partial charge in [-0.1, -0.05) is 25.3 Å². The third-order valence-corrected chi connectivity index (χ3v) is 4.60. The summed E-state index contributed by atoms with van der Waals surface area (Å²) in [6, 6.07) is 8.03. The lowest BCUT2D eigenvalue weighted by Crippen LogP contribution is -2.33. The first kappa shape index (κ1) is 12.8. The molecule has 1 N–H and O–H groups in total. The molecule has 1 aliphatic rings. The lowest BCUT2D eigenvalue weighted by molar-refractivity contribution is 0.0273. The molecule has 1 aromatic rings. The molecule has 0 radical (unpaired) electrons. The van der Waals surface area contributed by atoms with E-state index in [-0.39, 0.29) is 0 Å². The first-order chi connectivity index (χ1) is 8.22. The molecule has 0 spiro atoms. The number of hydrogen-bond acceptors (Lipinski definition) is 3. The van der Waals surface area contributed by atoms with Crippen molar-refractivity contribution < 1.29 is 9.84 Å². The molecular formula is C14H20O2S. The molecular weight excluding hydrogens is 232 g/mol. The molecule has 1 fully saturated rings. The van der Waals surface area contributed by atoms with Crippen molar-refractivity contribution in [1.82, 2.24) is 0 Å². The standard InChI is InChI=1S/C14H20O2S/c1-16-12-6-5-7-13(10-12)17-11-14(15)8-3-2-4-9-14/h5-7,10,15H,2-4,8-9,11H2,1H3. The average molecular weight is 252 g/mol. The minimum absolute atomic E-state index is 0.452. The van der Waals surface area contributed by atoms with E-state index in [1.165, 1.54) is 11.3 Å². The molecule has 0 heterocycles. The molecule has 0 bridgehead atoms. The lowest BCUT2D eigenvalue weighted by Gasteiger charge is -2.31. The van der Waals surface area contributed by atoms with Gasteiger partial charge >= 0.3 is 0 Å². The van der Waals surface area contributed by atoms with E-state index in [9.17, 15) is 5.11 Å². The molecule has 0 atom stereocenters. The second kappa shape index (κ2) is 5.78. The van der Waals surface area contributed by atoms with Gasteiger partial charge in [0.25, 0.3) is 0 Å². The Balaban J connectivity index is 1.92. The topological polar surface area (TPSA) is 29.5 Å². The Bertz CT molecular complexity index is 359. The molecule has 0 saturated heterocycles. The van der Waals surface area contributed by atoms with Gasteiger partial charge in [0.1, 0.15) is 5.75 Å². The third kappa shape index (κ3) is 3.65. The highest BCUT2D eigenvalue weighted by molar-refractivity contribution is 7.99. The van der Waals surface area contributed by atoms with Crippen molar-refractivity contribution in [2.75, 3.05) is 12.9 Å². The Morgan fingerprint density at radius 3 is 2.76 bits per heavy atom. The summed E-state index contributed by atoms with van der Waals surface area (Å²) in [5, 5.41) is 10.4. The van der Waals surface area contributed by atoms with Gasteiger partial charge in [-0.05, 0) is 31.0 Å². The second-order valence-corrected chi connectivity index (χ2v) is 5.80. The molecule has 94 valence electrons. The van der Waals surface area contributed by atoms with Crippen molar-refractivity contribution in [2.24, 2.45) is 0 Å². The van der Waals surface area contributed by atoms with Crippen LogP contribution in [-0.4, -0.2) is 23.6 Å². The Morgan fingerprint density at radius 2 is 2.06 bits per heavy atom. The van der Waals surface area contributed by atoms with E-state index < -0.39 is 5.60 Å². The largest absolute Gasteiger partial charge is 0.497 e. The van der Waals surface area contributed by atoms with E-state index in [0.717, 1.165) is 37.2 Å². The summed E-state index contributed by atoms with van der Waals surface area (Å²) in [5.41, 5.74) is -0.452. The number of ether oxygens (including phenoxy) is 1. The second-order valence-electron chi connectivity index (χ2n) is 4.75. The van der Waals surface area contributed by atoms with Gasteiger partial charge in [0.15, 0.2) is 0 Å². The fraction of sp³-hybridized carbons (Fsp3) is 0.571. The maximum absolute atomic E-state index is 10.4. The number of aliphatic hydroxyl groups is 1. The van der Waals surface area contributed by atoms with Crippen LogP contribution in [0, 0.1) is 0 Å². The molecule has 0 aliphatic heterocycles. The van der Waals surface area contributed by atoms with E-state index in [2.05, 4.69) is 6.07 Å². The molecule has 1 saturated carbocycles. The average Bonchev–Trinajstić information content (AvgIpc) is 2.38. The SMILES string of the molecule is COc1cccc(SCC2(O)CCCCC2)c1. The van der Waals surface area contributed by atoms with Gasteiger partial charge in [-0.25, -0.2) is 0 Å². The van der Waals surface area contributed by atoms with Gasteiger partial charge < -0.3 is 9.84 Å². The van der Waals surface area contributed by atoms with Gasteiger partial charge in [-0.15, -0.1) is 11.8 Å². The maximum Gasteiger partial charge on any atom is 0.119 e. The van der Waals surface area contributed by atoms with Gasteiger partial charge in [-0.2, -0.15) is 0 Å². The van der Waals surface area contributed by atoms with Crippen LogP contribution in [0.15, 0.2) is 29.2 Å². The zero-order valence-corrected chi connectivity index (χ0v) is 11.1. The van der Waals surface area contributed by atoms with Crippen LogP contribution in [0.3, 0.4) is 0 Å². The summed E-state index contributed by atoms with van der Waals surface area (Å²) in [6.45, 7) is 0. The minimum atomic E-state index is -0.452. The maximum atomic E-state index is 10.4. The monoisotopic (exact) mass is 252 g/mol. The Morgan fingerprint density at radius 1 is 1.29 bits per heavy atom. The van der Waals surface area contributed by atoms with Crippen molar-refractivity contribution in [1.29, 1.82) is 0 Å². The summed E-state index contributed by atoms with van der Waals surface area (Å²) in [7, 11) is 1.68. The number of thioether (sulfide) groups is 1. The van der Waals surface area contributed by atoms with Crippen LogP contribution in [0.1, 0.15) is 32.1 Å². The normalized spacial score (nSPS) is 18.9. The van der Waals surface area contributed by atoms with Gasteiger partial charge in [0.05, 0.1) is 12.7 Å². The quantitative estimate of drug-likeness (QED) is 0.832. The van der Waals surface area contributed by atoms with Crippen LogP contribution in [0.5, 0.6) is 5.75 Å². The fourth-order valence-corrected chi connectivity index (χ4v) is 3.36. The van der Waals surface area contributed by atoms with E-state index in [0.29, 0.717) is 0 Å². The van der Waals surface area contributed by atoms with Crippen molar-refractivity contribution >= 4 is 11.8 Å². The molecule has 0 amide bonds. The van der Waals surface area contributed by atoms with E-state index in [1.54, 1.807) is 18.9 Å². The van der Waals surface area contributed by atoms with Gasteiger partial charge in [0, 0.05) is 10.6 Å². The molecule has 3 heteroatoms. The van der Waals surface area contributed by atoms with Crippen LogP contribution < -0.4 is 4.74 Å². The predicted octanol–water partition coefficient (Wildman–Crippen LogP) is 3.48. The molecule has 17 heavy (non-hydrogen) atoms. The highest BCUT2D eigenvalue weighted by Crippen LogP contribution is 2.34. The zero-order valence-electron chi connectivity index (χ0n) is 10.3. The highest BCUT2D eigenvalue weighted by Gasteiger charge is 2.28. The molecule has 1 aliphatic carbocycles. The molecule has 2 nitrogen and oxygen atoms in total. The van der Waals surface area contributed by atoms with Gasteiger partial charge in [-0.3, -0.25) is 0 Å². The first-order valence-corrected chi connectivity index (χ1v) is 7.20. The van der Waals surface area contributed by atoms with Crippen LogP contribution in [-0.2, 0) is 0 Å². The van der Waals surface area contributed by atoms with Crippen molar-refractivity contribution in [3.63, 3.8) is 0 Å². The highest BCUT2D eigenvalue weighted by atomic mass is 32.2. The lowest BCUT2D eigenvalue weighted by atomic mass is 9.86. The number of hydrogen-bond donors (Lipinski definition) is 1. The molecule has 1 aromatic carbocycles. The number of benzene rings is 1. The zero-order chi connectivity index (χ0) is 12.1.